The second kappa shape index (κ2) is 6.95. The number of amides is 1. The van der Waals surface area contributed by atoms with E-state index in [4.69, 9.17) is 4.74 Å². The van der Waals surface area contributed by atoms with E-state index in [-0.39, 0.29) is 6.09 Å². The number of rotatable bonds is 5. The van der Waals surface area contributed by atoms with Gasteiger partial charge in [0.05, 0.1) is 0 Å². The maximum absolute atomic E-state index is 11.9. The van der Waals surface area contributed by atoms with Gasteiger partial charge in [0.1, 0.15) is 5.60 Å². The van der Waals surface area contributed by atoms with Crippen LogP contribution in [0.2, 0.25) is 0 Å². The Balaban J connectivity index is 2.25. The Labute approximate surface area is 110 Å². The zero-order chi connectivity index (χ0) is 13.6. The second-order valence-corrected chi connectivity index (χ2v) is 5.70. The molecule has 0 spiro atoms. The largest absolute Gasteiger partial charge is 0.444 e. The minimum atomic E-state index is -0.423. The molecule has 1 heterocycles. The van der Waals surface area contributed by atoms with Gasteiger partial charge < -0.3 is 20.3 Å². The number of hydrogen-bond acceptors (Lipinski definition) is 4. The number of nitrogens with zero attached hydrogens (tertiary/aromatic N) is 1. The minimum absolute atomic E-state index is 0.226. The molecule has 1 aliphatic rings. The Bertz CT molecular complexity index is 257. The lowest BCUT2D eigenvalue weighted by atomic mass is 10.2. The third kappa shape index (κ3) is 5.69. The zero-order valence-corrected chi connectivity index (χ0v) is 12.1. The van der Waals surface area contributed by atoms with E-state index in [9.17, 15) is 4.79 Å². The van der Waals surface area contributed by atoms with Gasteiger partial charge in [-0.05, 0) is 40.7 Å². The van der Waals surface area contributed by atoms with E-state index >= 15 is 0 Å². The molecule has 5 heteroatoms. The molecule has 106 valence electrons. The van der Waals surface area contributed by atoms with Crippen molar-refractivity contribution in [3.05, 3.63) is 0 Å². The van der Waals surface area contributed by atoms with Crippen molar-refractivity contribution in [3.8, 4) is 0 Å². The fourth-order valence-corrected chi connectivity index (χ4v) is 1.94. The van der Waals surface area contributed by atoms with Gasteiger partial charge in [0.25, 0.3) is 0 Å². The van der Waals surface area contributed by atoms with Crippen LogP contribution in [0.5, 0.6) is 0 Å². The first-order valence-corrected chi connectivity index (χ1v) is 6.84. The van der Waals surface area contributed by atoms with Crippen LogP contribution in [-0.2, 0) is 4.74 Å². The molecule has 1 aliphatic heterocycles. The maximum Gasteiger partial charge on any atom is 0.410 e. The minimum Gasteiger partial charge on any atom is -0.444 e. The van der Waals surface area contributed by atoms with Gasteiger partial charge in [-0.1, -0.05) is 0 Å². The van der Waals surface area contributed by atoms with E-state index in [0.717, 1.165) is 19.6 Å². The zero-order valence-electron chi connectivity index (χ0n) is 12.1. The molecule has 0 aromatic carbocycles. The van der Waals surface area contributed by atoms with E-state index in [1.807, 2.05) is 27.7 Å². The van der Waals surface area contributed by atoms with Crippen molar-refractivity contribution in [2.24, 2.45) is 0 Å². The van der Waals surface area contributed by atoms with E-state index in [1.165, 1.54) is 6.42 Å². The first kappa shape index (κ1) is 15.2. The molecule has 0 bridgehead atoms. The Hall–Kier alpha value is -0.810. The van der Waals surface area contributed by atoms with Crippen LogP contribution < -0.4 is 10.6 Å². The van der Waals surface area contributed by atoms with Gasteiger partial charge in [-0.3, -0.25) is 0 Å². The number of carbonyl (C=O) groups excluding carboxylic acids is 1. The average Bonchev–Trinajstić information content (AvgIpc) is 2.74. The summed E-state index contributed by atoms with van der Waals surface area (Å²) >= 11 is 0. The van der Waals surface area contributed by atoms with Crippen LogP contribution in [0.3, 0.4) is 0 Å². The average molecular weight is 257 g/mol. The maximum atomic E-state index is 11.9. The molecule has 2 N–H and O–H groups in total. The molecule has 5 nitrogen and oxygen atoms in total. The molecule has 1 rings (SSSR count). The highest BCUT2D eigenvalue weighted by molar-refractivity contribution is 5.68. The summed E-state index contributed by atoms with van der Waals surface area (Å²) in [6, 6.07) is 0.544. The highest BCUT2D eigenvalue weighted by Gasteiger charge is 2.21. The molecule has 1 amide bonds. The first-order valence-electron chi connectivity index (χ1n) is 6.84. The summed E-state index contributed by atoms with van der Waals surface area (Å²) in [5.41, 5.74) is -0.423. The predicted molar refractivity (Wildman–Crippen MR) is 72.8 cm³/mol. The third-order valence-electron chi connectivity index (χ3n) is 2.91. The van der Waals surface area contributed by atoms with Crippen molar-refractivity contribution in [2.45, 2.75) is 45.8 Å². The predicted octanol–water partition coefficient (Wildman–Crippen LogP) is 1.19. The van der Waals surface area contributed by atoms with E-state index in [0.29, 0.717) is 19.1 Å². The van der Waals surface area contributed by atoms with Crippen molar-refractivity contribution < 1.29 is 9.53 Å². The Morgan fingerprint density at radius 3 is 2.72 bits per heavy atom. The van der Waals surface area contributed by atoms with Gasteiger partial charge in [-0.15, -0.1) is 0 Å². The smallest absolute Gasteiger partial charge is 0.410 e. The number of likely N-dealkylation sites (N-methyl/N-ethyl adjacent to an activating group) is 1. The van der Waals surface area contributed by atoms with E-state index < -0.39 is 5.60 Å². The monoisotopic (exact) mass is 257 g/mol. The number of ether oxygens (including phenoxy) is 1. The summed E-state index contributed by atoms with van der Waals surface area (Å²) in [5, 5.41) is 6.76. The Morgan fingerprint density at radius 1 is 1.50 bits per heavy atom. The van der Waals surface area contributed by atoms with Crippen molar-refractivity contribution in [3.63, 3.8) is 0 Å². The van der Waals surface area contributed by atoms with Gasteiger partial charge in [0.15, 0.2) is 0 Å². The van der Waals surface area contributed by atoms with Crippen LogP contribution in [0.25, 0.3) is 0 Å². The normalized spacial score (nSPS) is 19.9. The lowest BCUT2D eigenvalue weighted by Crippen LogP contribution is -2.42. The molecule has 0 saturated carbocycles. The van der Waals surface area contributed by atoms with Crippen LogP contribution in [-0.4, -0.2) is 55.4 Å². The van der Waals surface area contributed by atoms with Gasteiger partial charge in [0.2, 0.25) is 0 Å². The summed E-state index contributed by atoms with van der Waals surface area (Å²) in [7, 11) is 0. The standard InChI is InChI=1S/C13H27N3O2/c1-5-16(12(17)18-13(2,3)4)9-8-15-11-6-7-14-10-11/h11,14-15H,5-10H2,1-4H3. The highest BCUT2D eigenvalue weighted by Crippen LogP contribution is 2.09. The summed E-state index contributed by atoms with van der Waals surface area (Å²) in [4.78, 5) is 13.6. The van der Waals surface area contributed by atoms with Gasteiger partial charge in [-0.25, -0.2) is 4.79 Å². The molecular weight excluding hydrogens is 230 g/mol. The molecule has 18 heavy (non-hydrogen) atoms. The lowest BCUT2D eigenvalue weighted by Gasteiger charge is -2.27. The lowest BCUT2D eigenvalue weighted by molar-refractivity contribution is 0.0261. The molecule has 0 radical (unpaired) electrons. The highest BCUT2D eigenvalue weighted by atomic mass is 16.6. The van der Waals surface area contributed by atoms with Crippen molar-refractivity contribution in [1.82, 2.24) is 15.5 Å². The molecule has 0 aliphatic carbocycles. The summed E-state index contributed by atoms with van der Waals surface area (Å²) in [5.74, 6) is 0. The SMILES string of the molecule is CCN(CCNC1CCNC1)C(=O)OC(C)(C)C. The molecular formula is C13H27N3O2. The molecule has 1 unspecified atom stereocenters. The molecule has 1 atom stereocenters. The van der Waals surface area contributed by atoms with Crippen molar-refractivity contribution in [1.29, 1.82) is 0 Å². The van der Waals surface area contributed by atoms with Crippen molar-refractivity contribution in [2.75, 3.05) is 32.7 Å². The number of hydrogen-bond donors (Lipinski definition) is 2. The van der Waals surface area contributed by atoms with Crippen LogP contribution in [0.15, 0.2) is 0 Å². The fraction of sp³-hybridized carbons (Fsp3) is 0.923. The van der Waals surface area contributed by atoms with Crippen LogP contribution in [0.4, 0.5) is 4.79 Å². The number of nitrogens with one attached hydrogen (secondary N) is 2. The molecule has 0 aromatic rings. The summed E-state index contributed by atoms with van der Waals surface area (Å²) in [6.07, 6.45) is 0.940. The summed E-state index contributed by atoms with van der Waals surface area (Å²) < 4.78 is 5.36. The third-order valence-corrected chi connectivity index (χ3v) is 2.91. The van der Waals surface area contributed by atoms with Gasteiger partial charge in [-0.2, -0.15) is 0 Å². The fourth-order valence-electron chi connectivity index (χ4n) is 1.94. The molecule has 0 aromatic heterocycles. The molecule has 1 saturated heterocycles. The number of carbonyl (C=O) groups is 1. The van der Waals surface area contributed by atoms with Crippen molar-refractivity contribution >= 4 is 6.09 Å². The quantitative estimate of drug-likeness (QED) is 0.777. The Morgan fingerprint density at radius 2 is 2.22 bits per heavy atom. The van der Waals surface area contributed by atoms with Gasteiger partial charge >= 0.3 is 6.09 Å². The van der Waals surface area contributed by atoms with E-state index in [2.05, 4.69) is 10.6 Å². The van der Waals surface area contributed by atoms with Crippen LogP contribution >= 0.6 is 0 Å². The topological polar surface area (TPSA) is 53.6 Å². The first-order chi connectivity index (χ1) is 8.42. The Kier molecular flexibility index (Phi) is 5.88. The second-order valence-electron chi connectivity index (χ2n) is 5.70. The van der Waals surface area contributed by atoms with Crippen LogP contribution in [0.1, 0.15) is 34.1 Å². The molecule has 1 fully saturated rings. The summed E-state index contributed by atoms with van der Waals surface area (Å²) in [6.45, 7) is 11.9. The van der Waals surface area contributed by atoms with Crippen LogP contribution in [0, 0.1) is 0 Å². The van der Waals surface area contributed by atoms with E-state index in [1.54, 1.807) is 4.90 Å². The van der Waals surface area contributed by atoms with Gasteiger partial charge in [0, 0.05) is 32.2 Å².